The number of benzene rings is 1. The number of nitrogens with zero attached hydrogens (tertiary/aromatic N) is 1. The van der Waals surface area contributed by atoms with Crippen LogP contribution in [0.15, 0.2) is 24.8 Å². The Morgan fingerprint density at radius 3 is 2.93 bits per heavy atom. The van der Waals surface area contributed by atoms with Crippen LogP contribution in [0, 0.1) is 0 Å². The van der Waals surface area contributed by atoms with Crippen LogP contribution in [0.1, 0.15) is 11.1 Å². The van der Waals surface area contributed by atoms with Gasteiger partial charge in [0.05, 0.1) is 0 Å². The Morgan fingerprint density at radius 2 is 2.20 bits per heavy atom. The third-order valence-electron chi connectivity index (χ3n) is 2.72. The fourth-order valence-electron chi connectivity index (χ4n) is 1.78. The van der Waals surface area contributed by atoms with Gasteiger partial charge in [-0.3, -0.25) is 4.79 Å². The smallest absolute Gasteiger partial charge is 0.253 e. The molecule has 2 rings (SSSR count). The molecule has 0 atom stereocenters. The largest absolute Gasteiger partial charge is 0.341 e. The van der Waals surface area contributed by atoms with Gasteiger partial charge in [-0.1, -0.05) is 24.2 Å². The normalized spacial score (nSPS) is 16.3. The summed E-state index contributed by atoms with van der Waals surface area (Å²) in [5, 5.41) is 0.646. The van der Waals surface area contributed by atoms with Gasteiger partial charge in [-0.15, -0.1) is 0 Å². The summed E-state index contributed by atoms with van der Waals surface area (Å²) >= 11 is 5.91. The molecule has 1 aliphatic rings. The van der Waals surface area contributed by atoms with E-state index in [1.807, 2.05) is 18.2 Å². The predicted octanol–water partition coefficient (Wildman–Crippen LogP) is 2.37. The molecule has 0 spiro atoms. The molecule has 0 aromatic heterocycles. The Balaban J connectivity index is 2.53. The molecule has 15 heavy (non-hydrogen) atoms. The van der Waals surface area contributed by atoms with Gasteiger partial charge >= 0.3 is 0 Å². The van der Waals surface area contributed by atoms with Gasteiger partial charge in [0.15, 0.2) is 0 Å². The molecule has 0 bridgehead atoms. The second-order valence-corrected chi connectivity index (χ2v) is 4.19. The Bertz CT molecular complexity index is 439. The molecule has 0 saturated carbocycles. The van der Waals surface area contributed by atoms with Crippen LogP contribution in [0.2, 0.25) is 5.02 Å². The molecule has 0 unspecified atom stereocenters. The van der Waals surface area contributed by atoms with Crippen molar-refractivity contribution in [3.8, 4) is 0 Å². The van der Waals surface area contributed by atoms with Crippen molar-refractivity contribution in [2.75, 3.05) is 13.6 Å². The third kappa shape index (κ3) is 1.77. The van der Waals surface area contributed by atoms with Crippen LogP contribution in [0.25, 0.3) is 5.57 Å². The van der Waals surface area contributed by atoms with Crippen LogP contribution < -0.4 is 0 Å². The average Bonchev–Trinajstić information content (AvgIpc) is 2.32. The van der Waals surface area contributed by atoms with Crippen molar-refractivity contribution in [2.24, 2.45) is 0 Å². The summed E-state index contributed by atoms with van der Waals surface area (Å²) in [6, 6.07) is 5.63. The third-order valence-corrected chi connectivity index (χ3v) is 2.95. The molecule has 3 heteroatoms. The van der Waals surface area contributed by atoms with E-state index in [-0.39, 0.29) is 5.91 Å². The Kier molecular flexibility index (Phi) is 2.53. The fraction of sp³-hybridized carbons (Fsp3) is 0.250. The van der Waals surface area contributed by atoms with Crippen molar-refractivity contribution in [2.45, 2.75) is 6.42 Å². The van der Waals surface area contributed by atoms with Crippen molar-refractivity contribution in [1.29, 1.82) is 0 Å². The standard InChI is InChI=1S/C12H12ClNO/c1-8-11-7-10(13)4-3-9(11)5-6-14(2)12(8)15/h3-4,7H,1,5-6H2,2H3. The lowest BCUT2D eigenvalue weighted by Gasteiger charge is -2.13. The second-order valence-electron chi connectivity index (χ2n) is 3.76. The highest BCUT2D eigenvalue weighted by atomic mass is 35.5. The summed E-state index contributed by atoms with van der Waals surface area (Å²) in [5.74, 6) is -0.0176. The SMILES string of the molecule is C=C1C(=O)N(C)CCc2ccc(Cl)cc21. The molecule has 1 aromatic carbocycles. The topological polar surface area (TPSA) is 20.3 Å². The lowest BCUT2D eigenvalue weighted by atomic mass is 10.00. The summed E-state index contributed by atoms with van der Waals surface area (Å²) in [5.41, 5.74) is 2.56. The Labute approximate surface area is 94.2 Å². The molecule has 0 saturated heterocycles. The molecular formula is C12H12ClNO. The van der Waals surface area contributed by atoms with Crippen molar-refractivity contribution < 1.29 is 4.79 Å². The maximum absolute atomic E-state index is 11.8. The van der Waals surface area contributed by atoms with E-state index in [0.717, 1.165) is 24.1 Å². The minimum atomic E-state index is -0.0176. The maximum Gasteiger partial charge on any atom is 0.253 e. The zero-order valence-electron chi connectivity index (χ0n) is 8.59. The molecule has 1 aromatic rings. The number of amides is 1. The fourth-order valence-corrected chi connectivity index (χ4v) is 1.96. The number of hydrogen-bond donors (Lipinski definition) is 0. The first-order valence-electron chi connectivity index (χ1n) is 4.83. The molecular weight excluding hydrogens is 210 g/mol. The van der Waals surface area contributed by atoms with E-state index in [9.17, 15) is 4.79 Å². The van der Waals surface area contributed by atoms with E-state index in [2.05, 4.69) is 6.58 Å². The predicted molar refractivity (Wildman–Crippen MR) is 61.8 cm³/mol. The molecule has 0 fully saturated rings. The molecule has 0 aliphatic carbocycles. The molecule has 2 nitrogen and oxygen atoms in total. The monoisotopic (exact) mass is 221 g/mol. The highest BCUT2D eigenvalue weighted by Crippen LogP contribution is 2.26. The summed E-state index contributed by atoms with van der Waals surface area (Å²) in [6.45, 7) is 4.57. The molecule has 1 heterocycles. The number of carbonyl (C=O) groups is 1. The minimum Gasteiger partial charge on any atom is -0.341 e. The zero-order valence-corrected chi connectivity index (χ0v) is 9.34. The van der Waals surface area contributed by atoms with Crippen molar-refractivity contribution in [1.82, 2.24) is 4.90 Å². The van der Waals surface area contributed by atoms with Crippen molar-refractivity contribution in [3.05, 3.63) is 40.9 Å². The Hall–Kier alpha value is -1.28. The number of halogens is 1. The maximum atomic E-state index is 11.8. The van der Waals surface area contributed by atoms with E-state index in [1.54, 1.807) is 11.9 Å². The van der Waals surface area contributed by atoms with Gasteiger partial charge in [-0.05, 0) is 29.7 Å². The number of likely N-dealkylation sites (N-methyl/N-ethyl adjacent to an activating group) is 1. The van der Waals surface area contributed by atoms with Crippen LogP contribution in [0.3, 0.4) is 0 Å². The first kappa shape index (κ1) is 10.2. The van der Waals surface area contributed by atoms with E-state index in [0.29, 0.717) is 10.6 Å². The van der Waals surface area contributed by atoms with Crippen LogP contribution in [0.4, 0.5) is 0 Å². The highest BCUT2D eigenvalue weighted by molar-refractivity contribution is 6.31. The van der Waals surface area contributed by atoms with Crippen LogP contribution >= 0.6 is 11.6 Å². The van der Waals surface area contributed by atoms with Crippen LogP contribution in [0.5, 0.6) is 0 Å². The lowest BCUT2D eigenvalue weighted by Crippen LogP contribution is -2.26. The number of fused-ring (bicyclic) bond motifs is 1. The molecule has 0 radical (unpaired) electrons. The average molecular weight is 222 g/mol. The minimum absolute atomic E-state index is 0.0176. The zero-order chi connectivity index (χ0) is 11.0. The first-order chi connectivity index (χ1) is 7.09. The van der Waals surface area contributed by atoms with Gasteiger partial charge in [-0.2, -0.15) is 0 Å². The van der Waals surface area contributed by atoms with Crippen LogP contribution in [-0.2, 0) is 11.2 Å². The summed E-state index contributed by atoms with van der Waals surface area (Å²) in [7, 11) is 1.79. The highest BCUT2D eigenvalue weighted by Gasteiger charge is 2.21. The van der Waals surface area contributed by atoms with Crippen LogP contribution in [-0.4, -0.2) is 24.4 Å². The van der Waals surface area contributed by atoms with Crippen molar-refractivity contribution >= 4 is 23.1 Å². The summed E-state index contributed by atoms with van der Waals surface area (Å²) < 4.78 is 0. The van der Waals surface area contributed by atoms with Gasteiger partial charge in [0.1, 0.15) is 0 Å². The van der Waals surface area contributed by atoms with Gasteiger partial charge < -0.3 is 4.90 Å². The van der Waals surface area contributed by atoms with Gasteiger partial charge in [0.2, 0.25) is 0 Å². The lowest BCUT2D eigenvalue weighted by molar-refractivity contribution is -0.123. The summed E-state index contributed by atoms with van der Waals surface area (Å²) in [6.07, 6.45) is 0.855. The van der Waals surface area contributed by atoms with E-state index in [4.69, 9.17) is 11.6 Å². The molecule has 0 N–H and O–H groups in total. The number of hydrogen-bond acceptors (Lipinski definition) is 1. The van der Waals surface area contributed by atoms with Gasteiger partial charge in [-0.25, -0.2) is 0 Å². The van der Waals surface area contributed by atoms with E-state index in [1.165, 1.54) is 0 Å². The van der Waals surface area contributed by atoms with Gasteiger partial charge in [0.25, 0.3) is 5.91 Å². The van der Waals surface area contributed by atoms with E-state index < -0.39 is 0 Å². The Morgan fingerprint density at radius 1 is 1.47 bits per heavy atom. The van der Waals surface area contributed by atoms with Crippen molar-refractivity contribution in [3.63, 3.8) is 0 Å². The second kappa shape index (κ2) is 3.70. The first-order valence-corrected chi connectivity index (χ1v) is 5.20. The summed E-state index contributed by atoms with van der Waals surface area (Å²) in [4.78, 5) is 13.5. The number of rotatable bonds is 0. The van der Waals surface area contributed by atoms with E-state index >= 15 is 0 Å². The number of carbonyl (C=O) groups excluding carboxylic acids is 1. The molecule has 78 valence electrons. The molecule has 1 aliphatic heterocycles. The quantitative estimate of drug-likeness (QED) is 0.616. The molecule has 1 amide bonds. The van der Waals surface area contributed by atoms with Gasteiger partial charge in [0, 0.05) is 24.2 Å².